The maximum absolute atomic E-state index is 13.5. The van der Waals surface area contributed by atoms with Crippen LogP contribution < -0.4 is 10.4 Å². The maximum Gasteiger partial charge on any atom is 0.338 e. The number of aliphatic carboxylic acids is 1. The highest BCUT2D eigenvalue weighted by molar-refractivity contribution is 5.98. The minimum atomic E-state index is -1.23. The van der Waals surface area contributed by atoms with Crippen molar-refractivity contribution in [2.24, 2.45) is 11.8 Å². The highest BCUT2D eigenvalue weighted by Gasteiger charge is 2.52. The standard InChI is InChI=1S/C27H23NO5/c1-2-33-27(32)15-11-13-16(14-12-15)28-25(29)23-21-17-7-3-5-9-19(17)22(24(23)26(30)31)20-10-6-4-8-18(20)21/h3-14,21-24H,2H2,1H3,(H,28,29)(H,30,31)/p-1/t21?,22?,23-,24-/m1/s1. The number of hydrogen-bond donors (Lipinski definition) is 1. The van der Waals surface area contributed by atoms with Crippen LogP contribution in [0.2, 0.25) is 0 Å². The first-order chi connectivity index (χ1) is 16.0. The molecule has 166 valence electrons. The van der Waals surface area contributed by atoms with Gasteiger partial charge in [0.05, 0.1) is 18.1 Å². The smallest absolute Gasteiger partial charge is 0.338 e. The molecule has 0 spiro atoms. The van der Waals surface area contributed by atoms with Gasteiger partial charge in [0.25, 0.3) is 0 Å². The van der Waals surface area contributed by atoms with Crippen molar-refractivity contribution in [1.29, 1.82) is 0 Å². The molecule has 6 heteroatoms. The fourth-order valence-corrected chi connectivity index (χ4v) is 5.41. The average molecular weight is 440 g/mol. The van der Waals surface area contributed by atoms with Crippen LogP contribution in [0, 0.1) is 11.8 Å². The molecule has 0 saturated heterocycles. The second-order valence-electron chi connectivity index (χ2n) is 8.37. The molecule has 0 saturated carbocycles. The number of benzene rings is 3. The van der Waals surface area contributed by atoms with Crippen LogP contribution in [-0.4, -0.2) is 24.5 Å². The quantitative estimate of drug-likeness (QED) is 0.615. The largest absolute Gasteiger partial charge is 0.550 e. The summed E-state index contributed by atoms with van der Waals surface area (Å²) < 4.78 is 4.99. The van der Waals surface area contributed by atoms with Gasteiger partial charge >= 0.3 is 5.97 Å². The molecule has 3 aromatic carbocycles. The molecule has 6 rings (SSSR count). The first-order valence-electron chi connectivity index (χ1n) is 11.0. The highest BCUT2D eigenvalue weighted by atomic mass is 16.5. The van der Waals surface area contributed by atoms with Crippen molar-refractivity contribution in [3.63, 3.8) is 0 Å². The molecule has 6 nitrogen and oxygen atoms in total. The summed E-state index contributed by atoms with van der Waals surface area (Å²) in [5.41, 5.74) is 4.71. The molecule has 0 aliphatic heterocycles. The number of fused-ring (bicyclic) bond motifs is 1. The van der Waals surface area contributed by atoms with Crippen molar-refractivity contribution in [3.8, 4) is 0 Å². The summed E-state index contributed by atoms with van der Waals surface area (Å²) in [5, 5.41) is 15.2. The van der Waals surface area contributed by atoms with Gasteiger partial charge in [-0.2, -0.15) is 0 Å². The predicted molar refractivity (Wildman–Crippen MR) is 120 cm³/mol. The second-order valence-corrected chi connectivity index (χ2v) is 8.37. The van der Waals surface area contributed by atoms with E-state index in [-0.39, 0.29) is 18.4 Å². The minimum absolute atomic E-state index is 0.273. The van der Waals surface area contributed by atoms with E-state index in [1.54, 1.807) is 31.2 Å². The Bertz CT molecular complexity index is 1200. The monoisotopic (exact) mass is 440 g/mol. The summed E-state index contributed by atoms with van der Waals surface area (Å²) >= 11 is 0. The lowest BCUT2D eigenvalue weighted by Crippen LogP contribution is -2.52. The van der Waals surface area contributed by atoms with Gasteiger partial charge < -0.3 is 20.0 Å². The van der Waals surface area contributed by atoms with Crippen molar-refractivity contribution in [1.82, 2.24) is 0 Å². The molecular weight excluding hydrogens is 418 g/mol. The van der Waals surface area contributed by atoms with Crippen molar-refractivity contribution in [2.75, 3.05) is 11.9 Å². The van der Waals surface area contributed by atoms with Gasteiger partial charge in [-0.25, -0.2) is 4.79 Å². The van der Waals surface area contributed by atoms with Gasteiger partial charge in [0.15, 0.2) is 0 Å². The fraction of sp³-hybridized carbons (Fsp3) is 0.222. The summed E-state index contributed by atoms with van der Waals surface area (Å²) in [4.78, 5) is 37.8. The van der Waals surface area contributed by atoms with Gasteiger partial charge in [0.1, 0.15) is 0 Å². The molecule has 33 heavy (non-hydrogen) atoms. The van der Waals surface area contributed by atoms with Crippen LogP contribution >= 0.6 is 0 Å². The molecule has 0 unspecified atom stereocenters. The Morgan fingerprint density at radius 3 is 1.73 bits per heavy atom. The molecule has 2 atom stereocenters. The Balaban J connectivity index is 1.52. The van der Waals surface area contributed by atoms with Gasteiger partial charge in [-0.15, -0.1) is 0 Å². The van der Waals surface area contributed by atoms with Crippen LogP contribution in [0.4, 0.5) is 5.69 Å². The topological polar surface area (TPSA) is 95.5 Å². The van der Waals surface area contributed by atoms with Crippen LogP contribution in [0.3, 0.4) is 0 Å². The van der Waals surface area contributed by atoms with E-state index in [1.165, 1.54) is 0 Å². The number of hydrogen-bond acceptors (Lipinski definition) is 5. The minimum Gasteiger partial charge on any atom is -0.550 e. The fourth-order valence-electron chi connectivity index (χ4n) is 5.41. The van der Waals surface area contributed by atoms with Crippen LogP contribution in [0.5, 0.6) is 0 Å². The van der Waals surface area contributed by atoms with E-state index in [0.717, 1.165) is 22.3 Å². The summed E-state index contributed by atoms with van der Waals surface area (Å²) in [6.45, 7) is 2.00. The number of carbonyl (C=O) groups is 3. The zero-order valence-electron chi connectivity index (χ0n) is 18.0. The van der Waals surface area contributed by atoms with E-state index >= 15 is 0 Å². The number of carboxylic acid groups (broad SMARTS) is 1. The van der Waals surface area contributed by atoms with Crippen LogP contribution in [0.25, 0.3) is 0 Å². The lowest BCUT2D eigenvalue weighted by atomic mass is 9.54. The number of ether oxygens (including phenoxy) is 1. The van der Waals surface area contributed by atoms with E-state index in [0.29, 0.717) is 11.3 Å². The van der Waals surface area contributed by atoms with E-state index < -0.39 is 29.7 Å². The number of rotatable bonds is 5. The number of amides is 1. The Morgan fingerprint density at radius 2 is 1.27 bits per heavy atom. The zero-order valence-corrected chi connectivity index (χ0v) is 18.0. The van der Waals surface area contributed by atoms with E-state index in [4.69, 9.17) is 4.74 Å². The summed E-state index contributed by atoms with van der Waals surface area (Å²) in [6.07, 6.45) is 0. The first-order valence-corrected chi connectivity index (χ1v) is 11.0. The summed E-state index contributed by atoms with van der Waals surface area (Å²) in [6, 6.07) is 21.8. The van der Waals surface area contributed by atoms with E-state index in [9.17, 15) is 19.5 Å². The predicted octanol–water partition coefficient (Wildman–Crippen LogP) is 3.08. The average Bonchev–Trinajstić information content (AvgIpc) is 2.84. The summed E-state index contributed by atoms with van der Waals surface area (Å²) in [5.74, 6) is -4.70. The third-order valence-corrected chi connectivity index (χ3v) is 6.68. The molecular formula is C27H22NO5-. The second kappa shape index (κ2) is 8.20. The number of nitrogens with one attached hydrogen (secondary N) is 1. The third-order valence-electron chi connectivity index (χ3n) is 6.68. The Morgan fingerprint density at radius 1 is 0.788 bits per heavy atom. The molecule has 1 amide bonds. The number of carboxylic acids is 1. The van der Waals surface area contributed by atoms with Crippen molar-refractivity contribution in [2.45, 2.75) is 18.8 Å². The number of carbonyl (C=O) groups excluding carboxylic acids is 3. The van der Waals surface area contributed by atoms with Gasteiger partial charge in [0.2, 0.25) is 5.91 Å². The normalized spacial score (nSPS) is 22.1. The van der Waals surface area contributed by atoms with E-state index in [1.807, 2.05) is 48.5 Å². The van der Waals surface area contributed by atoms with Crippen molar-refractivity contribution < 1.29 is 24.2 Å². The molecule has 0 radical (unpaired) electrons. The summed E-state index contributed by atoms with van der Waals surface area (Å²) in [7, 11) is 0. The molecule has 3 aliphatic carbocycles. The first kappa shape index (κ1) is 20.9. The SMILES string of the molecule is CCOC(=O)c1ccc(NC(=O)[C@@H]2C3c4ccccc4C(c4ccccc43)[C@H]2C(=O)[O-])cc1. The van der Waals surface area contributed by atoms with Gasteiger partial charge in [-0.3, -0.25) is 4.79 Å². The van der Waals surface area contributed by atoms with Crippen LogP contribution in [0.1, 0.15) is 51.4 Å². The Kier molecular flexibility index (Phi) is 5.21. The lowest BCUT2D eigenvalue weighted by molar-refractivity contribution is -0.314. The number of esters is 1. The highest BCUT2D eigenvalue weighted by Crippen LogP contribution is 2.58. The van der Waals surface area contributed by atoms with Crippen molar-refractivity contribution >= 4 is 23.5 Å². The third kappa shape index (κ3) is 3.39. The number of anilines is 1. The molecule has 2 bridgehead atoms. The molecule has 0 fully saturated rings. The zero-order chi connectivity index (χ0) is 23.1. The van der Waals surface area contributed by atoms with Gasteiger partial charge in [-0.05, 0) is 53.4 Å². The van der Waals surface area contributed by atoms with Gasteiger partial charge in [-0.1, -0.05) is 48.5 Å². The van der Waals surface area contributed by atoms with E-state index in [2.05, 4.69) is 5.32 Å². The lowest BCUT2D eigenvalue weighted by Gasteiger charge is -2.50. The molecule has 3 aromatic rings. The maximum atomic E-state index is 13.5. The molecule has 0 heterocycles. The molecule has 0 aromatic heterocycles. The van der Waals surface area contributed by atoms with Crippen LogP contribution in [0.15, 0.2) is 72.8 Å². The molecule has 1 N–H and O–H groups in total. The Hall–Kier alpha value is -3.93. The van der Waals surface area contributed by atoms with Gasteiger partial charge in [0, 0.05) is 29.4 Å². The molecule has 3 aliphatic rings. The Labute approximate surface area is 191 Å². The van der Waals surface area contributed by atoms with Crippen molar-refractivity contribution in [3.05, 3.63) is 101 Å². The van der Waals surface area contributed by atoms with Crippen LogP contribution in [-0.2, 0) is 14.3 Å².